The van der Waals surface area contributed by atoms with Crippen LogP contribution in [0.1, 0.15) is 19.8 Å². The van der Waals surface area contributed by atoms with Gasteiger partial charge in [-0.2, -0.15) is 0 Å². The lowest BCUT2D eigenvalue weighted by atomic mass is 10.0. The number of nitrogens with zero attached hydrogens (tertiary/aromatic N) is 3. The van der Waals surface area contributed by atoms with E-state index in [4.69, 9.17) is 9.47 Å². The number of hydrogen-bond acceptors (Lipinski definition) is 5. The number of benzene rings is 1. The molecule has 0 aromatic heterocycles. The van der Waals surface area contributed by atoms with Crippen LogP contribution in [0.5, 0.6) is 5.75 Å². The van der Waals surface area contributed by atoms with Crippen molar-refractivity contribution >= 4 is 11.8 Å². The maximum atomic E-state index is 11.8. The molecule has 6 nitrogen and oxygen atoms in total. The van der Waals surface area contributed by atoms with E-state index in [1.807, 2.05) is 24.0 Å². The summed E-state index contributed by atoms with van der Waals surface area (Å²) in [7, 11) is 1.73. The maximum absolute atomic E-state index is 11.8. The Labute approximate surface area is 150 Å². The SMILES string of the molecule is CCOC(=O)N1CCC(N2CCN(c3ccccc3OC)CC2)CC1. The molecule has 1 amide bonds. The third kappa shape index (κ3) is 4.18. The molecule has 2 aliphatic heterocycles. The first kappa shape index (κ1) is 17.9. The van der Waals surface area contributed by atoms with Crippen LogP contribution >= 0.6 is 0 Å². The van der Waals surface area contributed by atoms with Gasteiger partial charge in [-0.15, -0.1) is 0 Å². The van der Waals surface area contributed by atoms with E-state index >= 15 is 0 Å². The molecule has 6 heteroatoms. The lowest BCUT2D eigenvalue weighted by molar-refractivity contribution is 0.0729. The summed E-state index contributed by atoms with van der Waals surface area (Å²) in [5.41, 5.74) is 1.18. The van der Waals surface area contributed by atoms with Crippen molar-refractivity contribution in [1.82, 2.24) is 9.80 Å². The molecule has 2 heterocycles. The highest BCUT2D eigenvalue weighted by atomic mass is 16.6. The normalized spacial score (nSPS) is 19.8. The Hall–Kier alpha value is -1.95. The summed E-state index contributed by atoms with van der Waals surface area (Å²) in [4.78, 5) is 18.6. The number of para-hydroxylation sites is 2. The third-order valence-electron chi connectivity index (χ3n) is 5.25. The Morgan fingerprint density at radius 1 is 1.08 bits per heavy atom. The van der Waals surface area contributed by atoms with Crippen LogP contribution in [-0.2, 0) is 4.74 Å². The van der Waals surface area contributed by atoms with E-state index in [1.54, 1.807) is 7.11 Å². The highest BCUT2D eigenvalue weighted by molar-refractivity contribution is 5.67. The summed E-state index contributed by atoms with van der Waals surface area (Å²) in [5, 5.41) is 0. The second-order valence-corrected chi connectivity index (χ2v) is 6.61. The number of methoxy groups -OCH3 is 1. The molecule has 2 aliphatic rings. The molecule has 1 aromatic rings. The molecule has 0 atom stereocenters. The minimum Gasteiger partial charge on any atom is -0.495 e. The van der Waals surface area contributed by atoms with E-state index in [9.17, 15) is 4.79 Å². The zero-order valence-corrected chi connectivity index (χ0v) is 15.3. The number of carbonyl (C=O) groups excluding carboxylic acids is 1. The van der Waals surface area contributed by atoms with E-state index in [2.05, 4.69) is 21.9 Å². The van der Waals surface area contributed by atoms with Crippen molar-refractivity contribution in [3.8, 4) is 5.75 Å². The molecule has 0 bridgehead atoms. The molecule has 0 saturated carbocycles. The average Bonchev–Trinajstić information content (AvgIpc) is 2.68. The molecular weight excluding hydrogens is 318 g/mol. The molecule has 3 rings (SSSR count). The first-order chi connectivity index (χ1) is 12.2. The van der Waals surface area contributed by atoms with Gasteiger partial charge in [0.25, 0.3) is 0 Å². The van der Waals surface area contributed by atoms with Gasteiger partial charge in [0.05, 0.1) is 19.4 Å². The van der Waals surface area contributed by atoms with Gasteiger partial charge in [0, 0.05) is 45.3 Å². The Morgan fingerprint density at radius 2 is 1.76 bits per heavy atom. The number of ether oxygens (including phenoxy) is 2. The predicted molar refractivity (Wildman–Crippen MR) is 98.4 cm³/mol. The number of rotatable bonds is 4. The number of anilines is 1. The molecule has 0 radical (unpaired) electrons. The zero-order valence-electron chi connectivity index (χ0n) is 15.3. The molecule has 0 unspecified atom stereocenters. The average molecular weight is 347 g/mol. The molecule has 25 heavy (non-hydrogen) atoms. The quantitative estimate of drug-likeness (QED) is 0.837. The van der Waals surface area contributed by atoms with Gasteiger partial charge < -0.3 is 19.3 Å². The van der Waals surface area contributed by atoms with Crippen LogP contribution in [0, 0.1) is 0 Å². The lowest BCUT2D eigenvalue weighted by Crippen LogP contribution is -2.53. The molecule has 1 aromatic carbocycles. The topological polar surface area (TPSA) is 45.2 Å². The largest absolute Gasteiger partial charge is 0.495 e. The standard InChI is InChI=1S/C19H29N3O3/c1-3-25-19(23)22-10-8-16(9-11-22)20-12-14-21(15-13-20)17-6-4-5-7-18(17)24-2/h4-7,16H,3,8-15H2,1-2H3. The Morgan fingerprint density at radius 3 is 2.40 bits per heavy atom. The Bertz CT molecular complexity index is 565. The van der Waals surface area contributed by atoms with Crippen LogP contribution in [0.2, 0.25) is 0 Å². The maximum Gasteiger partial charge on any atom is 0.409 e. The Balaban J connectivity index is 1.49. The van der Waals surface area contributed by atoms with Crippen molar-refractivity contribution in [2.24, 2.45) is 0 Å². The fourth-order valence-corrected chi connectivity index (χ4v) is 3.85. The molecule has 0 spiro atoms. The van der Waals surface area contributed by atoms with Crippen molar-refractivity contribution in [3.63, 3.8) is 0 Å². The fraction of sp³-hybridized carbons (Fsp3) is 0.632. The summed E-state index contributed by atoms with van der Waals surface area (Å²) in [6, 6.07) is 8.80. The first-order valence-electron chi connectivity index (χ1n) is 9.26. The van der Waals surface area contributed by atoms with E-state index in [1.165, 1.54) is 5.69 Å². The van der Waals surface area contributed by atoms with Gasteiger partial charge >= 0.3 is 6.09 Å². The number of likely N-dealkylation sites (tertiary alicyclic amines) is 1. The summed E-state index contributed by atoms with van der Waals surface area (Å²) >= 11 is 0. The summed E-state index contributed by atoms with van der Waals surface area (Å²) in [6.45, 7) is 8.04. The van der Waals surface area contributed by atoms with E-state index in [-0.39, 0.29) is 6.09 Å². The van der Waals surface area contributed by atoms with Gasteiger partial charge in [0.15, 0.2) is 0 Å². The first-order valence-corrected chi connectivity index (χ1v) is 9.26. The number of amides is 1. The smallest absolute Gasteiger partial charge is 0.409 e. The van der Waals surface area contributed by atoms with Crippen molar-refractivity contribution in [2.45, 2.75) is 25.8 Å². The van der Waals surface area contributed by atoms with Gasteiger partial charge in [-0.25, -0.2) is 4.79 Å². The van der Waals surface area contributed by atoms with Crippen LogP contribution in [-0.4, -0.2) is 74.9 Å². The minimum atomic E-state index is -0.165. The molecular formula is C19H29N3O3. The lowest BCUT2D eigenvalue weighted by Gasteiger charge is -2.43. The second-order valence-electron chi connectivity index (χ2n) is 6.61. The molecule has 138 valence electrons. The summed E-state index contributed by atoms with van der Waals surface area (Å²) in [5.74, 6) is 0.943. The van der Waals surface area contributed by atoms with Crippen LogP contribution in [0.3, 0.4) is 0 Å². The molecule has 2 saturated heterocycles. The van der Waals surface area contributed by atoms with Crippen molar-refractivity contribution in [3.05, 3.63) is 24.3 Å². The predicted octanol–water partition coefficient (Wildman–Crippen LogP) is 2.44. The van der Waals surface area contributed by atoms with Crippen LogP contribution in [0.25, 0.3) is 0 Å². The van der Waals surface area contributed by atoms with E-state index in [0.717, 1.165) is 57.9 Å². The van der Waals surface area contributed by atoms with Gasteiger partial charge in [0.1, 0.15) is 5.75 Å². The third-order valence-corrected chi connectivity index (χ3v) is 5.25. The molecule has 2 fully saturated rings. The van der Waals surface area contributed by atoms with Crippen LogP contribution in [0.4, 0.5) is 10.5 Å². The molecule has 0 N–H and O–H groups in total. The van der Waals surface area contributed by atoms with Crippen molar-refractivity contribution < 1.29 is 14.3 Å². The van der Waals surface area contributed by atoms with Gasteiger partial charge in [-0.1, -0.05) is 12.1 Å². The molecule has 0 aliphatic carbocycles. The minimum absolute atomic E-state index is 0.165. The fourth-order valence-electron chi connectivity index (χ4n) is 3.85. The monoisotopic (exact) mass is 347 g/mol. The number of hydrogen-bond donors (Lipinski definition) is 0. The Kier molecular flexibility index (Phi) is 6.02. The van der Waals surface area contributed by atoms with Gasteiger partial charge in [0.2, 0.25) is 0 Å². The number of piperazine rings is 1. The van der Waals surface area contributed by atoms with Crippen molar-refractivity contribution in [2.75, 3.05) is 57.9 Å². The van der Waals surface area contributed by atoms with Gasteiger partial charge in [-0.3, -0.25) is 4.90 Å². The van der Waals surface area contributed by atoms with Gasteiger partial charge in [-0.05, 0) is 31.9 Å². The highest BCUT2D eigenvalue weighted by Crippen LogP contribution is 2.29. The van der Waals surface area contributed by atoms with E-state index in [0.29, 0.717) is 12.6 Å². The number of carbonyl (C=O) groups is 1. The van der Waals surface area contributed by atoms with Crippen LogP contribution in [0.15, 0.2) is 24.3 Å². The summed E-state index contributed by atoms with van der Waals surface area (Å²) in [6.07, 6.45) is 1.91. The van der Waals surface area contributed by atoms with E-state index < -0.39 is 0 Å². The highest BCUT2D eigenvalue weighted by Gasteiger charge is 2.29. The number of piperidine rings is 1. The summed E-state index contributed by atoms with van der Waals surface area (Å²) < 4.78 is 10.6. The van der Waals surface area contributed by atoms with Crippen LogP contribution < -0.4 is 9.64 Å². The second kappa shape index (κ2) is 8.43. The van der Waals surface area contributed by atoms with Crippen molar-refractivity contribution in [1.29, 1.82) is 0 Å². The zero-order chi connectivity index (χ0) is 17.6.